The maximum atomic E-state index is 5.55. The lowest BCUT2D eigenvalue weighted by Gasteiger charge is -2.19. The van der Waals surface area contributed by atoms with Crippen molar-refractivity contribution >= 4 is 5.69 Å². The lowest BCUT2D eigenvalue weighted by Crippen LogP contribution is -2.15. The second-order valence-corrected chi connectivity index (χ2v) is 5.28. The van der Waals surface area contributed by atoms with Crippen LogP contribution in [0.3, 0.4) is 0 Å². The molecule has 1 aromatic rings. The molecule has 1 atom stereocenters. The SMILES string of the molecule is COCCOCc1cccc(NCC2CC=CCC2)c1. The van der Waals surface area contributed by atoms with Gasteiger partial charge in [0.2, 0.25) is 0 Å². The normalized spacial score (nSPS) is 18.1. The molecule has 0 aromatic heterocycles. The van der Waals surface area contributed by atoms with Crippen LogP contribution in [0.25, 0.3) is 0 Å². The van der Waals surface area contributed by atoms with Crippen molar-refractivity contribution in [2.75, 3.05) is 32.2 Å². The fourth-order valence-electron chi connectivity index (χ4n) is 2.41. The summed E-state index contributed by atoms with van der Waals surface area (Å²) in [5, 5.41) is 3.54. The quantitative estimate of drug-likeness (QED) is 0.580. The van der Waals surface area contributed by atoms with Gasteiger partial charge in [-0.05, 0) is 42.9 Å². The molecule has 1 aliphatic carbocycles. The van der Waals surface area contributed by atoms with E-state index >= 15 is 0 Å². The summed E-state index contributed by atoms with van der Waals surface area (Å²) in [7, 11) is 1.69. The van der Waals surface area contributed by atoms with Gasteiger partial charge in [0.25, 0.3) is 0 Å². The zero-order valence-electron chi connectivity index (χ0n) is 12.3. The third kappa shape index (κ3) is 5.35. The Balaban J connectivity index is 1.75. The summed E-state index contributed by atoms with van der Waals surface area (Å²) < 4.78 is 10.5. The second-order valence-electron chi connectivity index (χ2n) is 5.28. The molecule has 0 saturated carbocycles. The largest absolute Gasteiger partial charge is 0.385 e. The van der Waals surface area contributed by atoms with Crippen molar-refractivity contribution in [3.8, 4) is 0 Å². The lowest BCUT2D eigenvalue weighted by molar-refractivity contribution is 0.0617. The fourth-order valence-corrected chi connectivity index (χ4v) is 2.41. The van der Waals surface area contributed by atoms with Crippen molar-refractivity contribution in [1.29, 1.82) is 0 Å². The van der Waals surface area contributed by atoms with Crippen molar-refractivity contribution in [2.24, 2.45) is 5.92 Å². The minimum atomic E-state index is 0.641. The van der Waals surface area contributed by atoms with Crippen molar-refractivity contribution in [1.82, 2.24) is 0 Å². The van der Waals surface area contributed by atoms with Gasteiger partial charge in [-0.25, -0.2) is 0 Å². The number of nitrogens with one attached hydrogen (secondary N) is 1. The number of allylic oxidation sites excluding steroid dienone is 2. The summed E-state index contributed by atoms with van der Waals surface area (Å²) in [6.07, 6.45) is 8.31. The third-order valence-corrected chi connectivity index (χ3v) is 3.60. The van der Waals surface area contributed by atoms with Gasteiger partial charge in [0.1, 0.15) is 0 Å². The van der Waals surface area contributed by atoms with Gasteiger partial charge in [-0.2, -0.15) is 0 Å². The minimum absolute atomic E-state index is 0.641. The summed E-state index contributed by atoms with van der Waals surface area (Å²) in [4.78, 5) is 0. The Morgan fingerprint density at radius 2 is 2.20 bits per heavy atom. The molecule has 0 spiro atoms. The van der Waals surface area contributed by atoms with Crippen LogP contribution in [0.2, 0.25) is 0 Å². The summed E-state index contributed by atoms with van der Waals surface area (Å²) in [5.74, 6) is 0.765. The monoisotopic (exact) mass is 275 g/mol. The van der Waals surface area contributed by atoms with Crippen LogP contribution in [-0.4, -0.2) is 26.9 Å². The molecule has 110 valence electrons. The molecular weight excluding hydrogens is 250 g/mol. The van der Waals surface area contributed by atoms with Crippen molar-refractivity contribution < 1.29 is 9.47 Å². The molecule has 0 bridgehead atoms. The predicted molar refractivity (Wildman–Crippen MR) is 82.9 cm³/mol. The van der Waals surface area contributed by atoms with Crippen LogP contribution >= 0.6 is 0 Å². The van der Waals surface area contributed by atoms with E-state index in [1.165, 1.54) is 30.5 Å². The topological polar surface area (TPSA) is 30.5 Å². The number of methoxy groups -OCH3 is 1. The zero-order valence-corrected chi connectivity index (χ0v) is 12.3. The molecule has 0 saturated heterocycles. The van der Waals surface area contributed by atoms with E-state index < -0.39 is 0 Å². The lowest BCUT2D eigenvalue weighted by atomic mass is 9.94. The number of hydrogen-bond donors (Lipinski definition) is 1. The van der Waals surface area contributed by atoms with Gasteiger partial charge < -0.3 is 14.8 Å². The summed E-state index contributed by atoms with van der Waals surface area (Å²) in [5.41, 5.74) is 2.39. The van der Waals surface area contributed by atoms with Gasteiger partial charge >= 0.3 is 0 Å². The number of ether oxygens (including phenoxy) is 2. The van der Waals surface area contributed by atoms with E-state index in [1.54, 1.807) is 7.11 Å². The Labute approximate surface area is 122 Å². The van der Waals surface area contributed by atoms with Crippen molar-refractivity contribution in [3.05, 3.63) is 42.0 Å². The first-order valence-electron chi connectivity index (χ1n) is 7.43. The predicted octanol–water partition coefficient (Wildman–Crippen LogP) is 3.62. The Hall–Kier alpha value is -1.32. The smallest absolute Gasteiger partial charge is 0.0718 e. The van der Waals surface area contributed by atoms with Gasteiger partial charge in [0, 0.05) is 19.3 Å². The number of anilines is 1. The molecule has 3 heteroatoms. The van der Waals surface area contributed by atoms with E-state index in [0.29, 0.717) is 19.8 Å². The van der Waals surface area contributed by atoms with Crippen molar-refractivity contribution in [2.45, 2.75) is 25.9 Å². The molecule has 0 radical (unpaired) electrons. The molecular formula is C17H25NO2. The Kier molecular flexibility index (Phi) is 6.61. The Morgan fingerprint density at radius 1 is 1.25 bits per heavy atom. The highest BCUT2D eigenvalue weighted by Crippen LogP contribution is 2.19. The molecule has 3 nitrogen and oxygen atoms in total. The summed E-state index contributed by atoms with van der Waals surface area (Å²) in [6.45, 7) is 2.99. The first-order chi connectivity index (χ1) is 9.88. The van der Waals surface area contributed by atoms with E-state index in [1.807, 2.05) is 0 Å². The molecule has 0 fully saturated rings. The molecule has 20 heavy (non-hydrogen) atoms. The third-order valence-electron chi connectivity index (χ3n) is 3.60. The maximum absolute atomic E-state index is 5.55. The molecule has 2 rings (SSSR count). The Morgan fingerprint density at radius 3 is 3.00 bits per heavy atom. The number of benzene rings is 1. The van der Waals surface area contributed by atoms with Crippen LogP contribution in [0, 0.1) is 5.92 Å². The van der Waals surface area contributed by atoms with Gasteiger partial charge in [0.05, 0.1) is 19.8 Å². The average Bonchev–Trinajstić information content (AvgIpc) is 2.51. The van der Waals surface area contributed by atoms with Gasteiger partial charge in [-0.15, -0.1) is 0 Å². The molecule has 1 aliphatic rings. The second kappa shape index (κ2) is 8.77. The first kappa shape index (κ1) is 15.1. The number of rotatable bonds is 8. The van der Waals surface area contributed by atoms with Crippen LogP contribution in [0.5, 0.6) is 0 Å². The molecule has 1 N–H and O–H groups in total. The first-order valence-corrected chi connectivity index (χ1v) is 7.43. The van der Waals surface area contributed by atoms with Gasteiger partial charge in [-0.3, -0.25) is 0 Å². The standard InChI is InChI=1S/C17H25NO2/c1-19-10-11-20-14-16-8-5-9-17(12-16)18-13-15-6-3-2-4-7-15/h2-3,5,8-9,12,15,18H,4,6-7,10-11,13-14H2,1H3. The van der Waals surface area contributed by atoms with Gasteiger partial charge in [-0.1, -0.05) is 24.3 Å². The fraction of sp³-hybridized carbons (Fsp3) is 0.529. The summed E-state index contributed by atoms with van der Waals surface area (Å²) >= 11 is 0. The molecule has 0 amide bonds. The van der Waals surface area contributed by atoms with E-state index in [2.05, 4.69) is 41.7 Å². The van der Waals surface area contributed by atoms with Crippen LogP contribution in [0.4, 0.5) is 5.69 Å². The van der Waals surface area contributed by atoms with Gasteiger partial charge in [0.15, 0.2) is 0 Å². The van der Waals surface area contributed by atoms with Crippen LogP contribution in [0.15, 0.2) is 36.4 Å². The van der Waals surface area contributed by atoms with E-state index in [4.69, 9.17) is 9.47 Å². The molecule has 0 aliphatic heterocycles. The van der Waals surface area contributed by atoms with E-state index in [-0.39, 0.29) is 0 Å². The van der Waals surface area contributed by atoms with E-state index in [9.17, 15) is 0 Å². The highest BCUT2D eigenvalue weighted by Gasteiger charge is 2.09. The Bertz CT molecular complexity index is 417. The van der Waals surface area contributed by atoms with Crippen LogP contribution in [0.1, 0.15) is 24.8 Å². The molecule has 0 heterocycles. The molecule has 1 unspecified atom stereocenters. The highest BCUT2D eigenvalue weighted by molar-refractivity contribution is 5.45. The number of hydrogen-bond acceptors (Lipinski definition) is 3. The molecule has 1 aromatic carbocycles. The zero-order chi connectivity index (χ0) is 14.0. The summed E-state index contributed by atoms with van der Waals surface area (Å²) in [6, 6.07) is 8.47. The van der Waals surface area contributed by atoms with E-state index in [0.717, 1.165) is 12.5 Å². The highest BCUT2D eigenvalue weighted by atomic mass is 16.5. The van der Waals surface area contributed by atoms with Crippen molar-refractivity contribution in [3.63, 3.8) is 0 Å². The maximum Gasteiger partial charge on any atom is 0.0718 e. The average molecular weight is 275 g/mol. The van der Waals surface area contributed by atoms with Crippen LogP contribution in [-0.2, 0) is 16.1 Å². The van der Waals surface area contributed by atoms with Crippen LogP contribution < -0.4 is 5.32 Å². The minimum Gasteiger partial charge on any atom is -0.385 e.